The highest BCUT2D eigenvalue weighted by Crippen LogP contribution is 2.24. The molecule has 1 N–H and O–H groups in total. The number of aliphatic hydroxyl groups is 1. The van der Waals surface area contributed by atoms with Gasteiger partial charge in [0.1, 0.15) is 0 Å². The van der Waals surface area contributed by atoms with E-state index < -0.39 is 0 Å². The molecule has 0 spiro atoms. The van der Waals surface area contributed by atoms with Gasteiger partial charge >= 0.3 is 0 Å². The lowest BCUT2D eigenvalue weighted by atomic mass is 9.87. The van der Waals surface area contributed by atoms with E-state index in [4.69, 9.17) is 0 Å². The molecule has 0 aromatic carbocycles. The second kappa shape index (κ2) is 6.12. The quantitative estimate of drug-likeness (QED) is 0.696. The predicted octanol–water partition coefficient (Wildman–Crippen LogP) is 3.70. The fourth-order valence-electron chi connectivity index (χ4n) is 2.09. The number of allylic oxidation sites excluding steroid dienone is 3. The van der Waals surface area contributed by atoms with Crippen LogP contribution in [0.4, 0.5) is 0 Å². The summed E-state index contributed by atoms with van der Waals surface area (Å²) in [4.78, 5) is 0. The van der Waals surface area contributed by atoms with Gasteiger partial charge in [-0.2, -0.15) is 0 Å². The summed E-state index contributed by atoms with van der Waals surface area (Å²) < 4.78 is 0. The van der Waals surface area contributed by atoms with Gasteiger partial charge in [0.05, 0.1) is 6.10 Å². The molecule has 0 heterocycles. The molecule has 0 fully saturated rings. The predicted molar refractivity (Wildman–Crippen MR) is 65.7 cm³/mol. The molecule has 0 amide bonds. The molecule has 1 nitrogen and oxygen atoms in total. The van der Waals surface area contributed by atoms with Crippen LogP contribution in [-0.2, 0) is 0 Å². The van der Waals surface area contributed by atoms with Crippen molar-refractivity contribution in [3.05, 3.63) is 24.3 Å². The van der Waals surface area contributed by atoms with Gasteiger partial charge in [0.25, 0.3) is 0 Å². The van der Waals surface area contributed by atoms with Crippen LogP contribution in [-0.4, -0.2) is 11.2 Å². The van der Waals surface area contributed by atoms with Gasteiger partial charge in [-0.25, -0.2) is 0 Å². The van der Waals surface area contributed by atoms with E-state index in [2.05, 4.69) is 32.6 Å². The first-order valence-electron chi connectivity index (χ1n) is 6.13. The van der Waals surface area contributed by atoms with Crippen molar-refractivity contribution >= 4 is 0 Å². The van der Waals surface area contributed by atoms with Crippen molar-refractivity contribution in [3.63, 3.8) is 0 Å². The standard InChI is InChI=1S/C14H24O/c1-11(2)13-8-7-12(3)5-4-6-14(15)10-9-13/h7-8,11,13-15H,3-6,9-10H2,1-2H3/b8-7-/t13-,14?/m0/s1. The molecule has 1 unspecified atom stereocenters. The molecule has 1 heteroatoms. The summed E-state index contributed by atoms with van der Waals surface area (Å²) in [5.41, 5.74) is 1.20. The SMILES string of the molecule is C=C1/C=C\[C@H](C(C)C)CCC(O)CCC1. The maximum absolute atomic E-state index is 9.76. The van der Waals surface area contributed by atoms with Crippen LogP contribution in [0.25, 0.3) is 0 Å². The van der Waals surface area contributed by atoms with Crippen molar-refractivity contribution < 1.29 is 5.11 Å². The van der Waals surface area contributed by atoms with E-state index in [0.29, 0.717) is 11.8 Å². The third-order valence-corrected chi connectivity index (χ3v) is 3.30. The lowest BCUT2D eigenvalue weighted by molar-refractivity contribution is 0.142. The molecule has 15 heavy (non-hydrogen) atoms. The Morgan fingerprint density at radius 2 is 2.07 bits per heavy atom. The Hall–Kier alpha value is -0.560. The fourth-order valence-corrected chi connectivity index (χ4v) is 2.09. The molecule has 0 saturated heterocycles. The molecule has 2 atom stereocenters. The molecule has 0 bridgehead atoms. The van der Waals surface area contributed by atoms with Crippen molar-refractivity contribution in [3.8, 4) is 0 Å². The Morgan fingerprint density at radius 1 is 1.33 bits per heavy atom. The number of rotatable bonds is 1. The summed E-state index contributed by atoms with van der Waals surface area (Å²) in [6.07, 6.45) is 9.42. The molecule has 0 aliphatic heterocycles. The van der Waals surface area contributed by atoms with Crippen molar-refractivity contribution in [2.24, 2.45) is 11.8 Å². The zero-order chi connectivity index (χ0) is 11.3. The van der Waals surface area contributed by atoms with E-state index in [1.54, 1.807) is 0 Å². The van der Waals surface area contributed by atoms with Crippen LogP contribution in [0.3, 0.4) is 0 Å². The Balaban J connectivity index is 2.63. The molecule has 86 valence electrons. The summed E-state index contributed by atoms with van der Waals surface area (Å²) in [6.45, 7) is 8.53. The van der Waals surface area contributed by atoms with E-state index in [-0.39, 0.29) is 6.10 Å². The van der Waals surface area contributed by atoms with Gasteiger partial charge < -0.3 is 5.11 Å². The maximum Gasteiger partial charge on any atom is 0.0540 e. The highest BCUT2D eigenvalue weighted by Gasteiger charge is 2.14. The van der Waals surface area contributed by atoms with Crippen LogP contribution < -0.4 is 0 Å². The van der Waals surface area contributed by atoms with Crippen molar-refractivity contribution in [1.29, 1.82) is 0 Å². The molecule has 1 rings (SSSR count). The van der Waals surface area contributed by atoms with Gasteiger partial charge in [0, 0.05) is 0 Å². The van der Waals surface area contributed by atoms with Crippen LogP contribution in [0.15, 0.2) is 24.3 Å². The highest BCUT2D eigenvalue weighted by molar-refractivity contribution is 5.15. The third kappa shape index (κ3) is 4.65. The average Bonchev–Trinajstić information content (AvgIpc) is 2.16. The zero-order valence-corrected chi connectivity index (χ0v) is 10.1. The van der Waals surface area contributed by atoms with Crippen molar-refractivity contribution in [2.75, 3.05) is 0 Å². The van der Waals surface area contributed by atoms with Crippen molar-refractivity contribution in [1.82, 2.24) is 0 Å². The summed E-state index contributed by atoms with van der Waals surface area (Å²) in [5, 5.41) is 9.76. The topological polar surface area (TPSA) is 20.2 Å². The molecule has 1 aliphatic rings. The Labute approximate surface area is 93.9 Å². The van der Waals surface area contributed by atoms with Crippen LogP contribution in [0.5, 0.6) is 0 Å². The molecule has 0 radical (unpaired) electrons. The first-order valence-corrected chi connectivity index (χ1v) is 6.13. The molecular weight excluding hydrogens is 184 g/mol. The van der Waals surface area contributed by atoms with Gasteiger partial charge in [-0.1, -0.05) is 38.2 Å². The highest BCUT2D eigenvalue weighted by atomic mass is 16.3. The molecule has 1 aliphatic carbocycles. The van der Waals surface area contributed by atoms with Crippen LogP contribution >= 0.6 is 0 Å². The normalized spacial score (nSPS) is 31.6. The summed E-state index contributed by atoms with van der Waals surface area (Å²) >= 11 is 0. The molecular formula is C14H24O. The summed E-state index contributed by atoms with van der Waals surface area (Å²) in [6, 6.07) is 0. The average molecular weight is 208 g/mol. The molecule has 0 aromatic heterocycles. The number of aliphatic hydroxyl groups excluding tert-OH is 1. The van der Waals surface area contributed by atoms with Crippen LogP contribution in [0.2, 0.25) is 0 Å². The zero-order valence-electron chi connectivity index (χ0n) is 10.1. The second-order valence-electron chi connectivity index (χ2n) is 5.05. The minimum absolute atomic E-state index is 0.106. The van der Waals surface area contributed by atoms with E-state index in [1.165, 1.54) is 5.57 Å². The number of hydrogen-bond donors (Lipinski definition) is 1. The third-order valence-electron chi connectivity index (χ3n) is 3.30. The fraction of sp³-hybridized carbons (Fsp3) is 0.714. The van der Waals surface area contributed by atoms with Crippen LogP contribution in [0.1, 0.15) is 46.0 Å². The largest absolute Gasteiger partial charge is 0.393 e. The van der Waals surface area contributed by atoms with Gasteiger partial charge in [-0.3, -0.25) is 0 Å². The Morgan fingerprint density at radius 3 is 2.73 bits per heavy atom. The monoisotopic (exact) mass is 208 g/mol. The van der Waals surface area contributed by atoms with Crippen LogP contribution in [0, 0.1) is 11.8 Å². The van der Waals surface area contributed by atoms with Gasteiger partial charge in [-0.15, -0.1) is 0 Å². The van der Waals surface area contributed by atoms with E-state index in [0.717, 1.165) is 32.1 Å². The lowest BCUT2D eigenvalue weighted by Crippen LogP contribution is -2.13. The van der Waals surface area contributed by atoms with Gasteiger partial charge in [0.2, 0.25) is 0 Å². The summed E-state index contributed by atoms with van der Waals surface area (Å²) in [5.74, 6) is 1.25. The van der Waals surface area contributed by atoms with E-state index >= 15 is 0 Å². The van der Waals surface area contributed by atoms with Crippen molar-refractivity contribution in [2.45, 2.75) is 52.1 Å². The minimum atomic E-state index is -0.106. The van der Waals surface area contributed by atoms with E-state index in [9.17, 15) is 5.11 Å². The lowest BCUT2D eigenvalue weighted by Gasteiger charge is -2.20. The summed E-state index contributed by atoms with van der Waals surface area (Å²) in [7, 11) is 0. The van der Waals surface area contributed by atoms with E-state index in [1.807, 2.05) is 0 Å². The Bertz CT molecular complexity index is 227. The van der Waals surface area contributed by atoms with Gasteiger partial charge in [-0.05, 0) is 43.9 Å². The minimum Gasteiger partial charge on any atom is -0.393 e. The number of hydrogen-bond acceptors (Lipinski definition) is 1. The van der Waals surface area contributed by atoms with Gasteiger partial charge in [0.15, 0.2) is 0 Å². The first kappa shape index (κ1) is 12.5. The Kier molecular flexibility index (Phi) is 5.10. The maximum atomic E-state index is 9.76. The molecule has 0 saturated carbocycles. The molecule has 0 aromatic rings. The first-order chi connectivity index (χ1) is 7.09. The second-order valence-corrected chi connectivity index (χ2v) is 5.05. The smallest absolute Gasteiger partial charge is 0.0540 e.